The zero-order chi connectivity index (χ0) is 14.6. The van der Waals surface area contributed by atoms with Crippen LogP contribution in [0.25, 0.3) is 0 Å². The molecule has 1 heterocycles. The third-order valence-electron chi connectivity index (χ3n) is 2.93. The van der Waals surface area contributed by atoms with Crippen LogP contribution in [0.3, 0.4) is 0 Å². The lowest BCUT2D eigenvalue weighted by molar-refractivity contribution is -0.253. The van der Waals surface area contributed by atoms with Crippen molar-refractivity contribution >= 4 is 11.7 Å². The number of nitrogens with one attached hydrogen (secondary N) is 1. The largest absolute Gasteiger partial charge is 0.394 e. The predicted octanol–water partition coefficient (Wildman–Crippen LogP) is -2.73. The van der Waals surface area contributed by atoms with Crippen molar-refractivity contribution in [2.24, 2.45) is 0 Å². The van der Waals surface area contributed by atoms with Crippen LogP contribution in [0.4, 0.5) is 0 Å². The minimum absolute atomic E-state index is 0.0490. The van der Waals surface area contributed by atoms with Gasteiger partial charge >= 0.3 is 0 Å². The van der Waals surface area contributed by atoms with Gasteiger partial charge in [0.25, 0.3) is 0 Å². The second kappa shape index (κ2) is 6.92. The van der Waals surface area contributed by atoms with E-state index in [0.29, 0.717) is 0 Å². The lowest BCUT2D eigenvalue weighted by Gasteiger charge is -2.40. The van der Waals surface area contributed by atoms with E-state index in [1.54, 1.807) is 0 Å². The molecule has 19 heavy (non-hydrogen) atoms. The Morgan fingerprint density at radius 1 is 1.16 bits per heavy atom. The van der Waals surface area contributed by atoms with Gasteiger partial charge in [-0.3, -0.25) is 4.79 Å². The quantitative estimate of drug-likeness (QED) is 0.368. The Morgan fingerprint density at radius 2 is 1.79 bits per heavy atom. The normalized spacial score (nSPS) is 34.9. The first-order valence-electron chi connectivity index (χ1n) is 5.96. The summed E-state index contributed by atoms with van der Waals surface area (Å²) in [5, 5.41) is 40.1. The lowest BCUT2D eigenvalue weighted by Crippen LogP contribution is -2.64. The first-order valence-corrected chi connectivity index (χ1v) is 5.96. The number of hydrogen-bond acceptors (Lipinski definition) is 7. The summed E-state index contributed by atoms with van der Waals surface area (Å²) in [6, 6.07) is -1.21. The van der Waals surface area contributed by atoms with Crippen molar-refractivity contribution in [2.45, 2.75) is 50.4 Å². The summed E-state index contributed by atoms with van der Waals surface area (Å²) in [7, 11) is 0. The molecule has 8 heteroatoms. The van der Waals surface area contributed by atoms with Gasteiger partial charge in [0.15, 0.2) is 6.29 Å². The van der Waals surface area contributed by atoms with Crippen molar-refractivity contribution in [3.05, 3.63) is 0 Å². The first-order chi connectivity index (χ1) is 8.86. The van der Waals surface area contributed by atoms with Crippen molar-refractivity contribution in [3.63, 3.8) is 0 Å². The molecule has 0 bridgehead atoms. The number of ether oxygens (including phenoxy) is 1. The summed E-state index contributed by atoms with van der Waals surface area (Å²) in [6.07, 6.45) is -5.58. The molecule has 1 amide bonds. The molecule has 1 aliphatic rings. The van der Waals surface area contributed by atoms with Crippen LogP contribution in [0.5, 0.6) is 0 Å². The predicted molar refractivity (Wildman–Crippen MR) is 61.8 cm³/mol. The first kappa shape index (κ1) is 16.0. The average molecular weight is 277 g/mol. The molecule has 0 saturated carbocycles. The van der Waals surface area contributed by atoms with E-state index in [1.807, 2.05) is 0 Å². The summed E-state index contributed by atoms with van der Waals surface area (Å²) < 4.78 is 4.87. The number of hydrogen-bond donors (Lipinski definition) is 5. The fraction of sp³-hybridized carbons (Fsp3) is 0.818. The van der Waals surface area contributed by atoms with Crippen LogP contribution < -0.4 is 5.32 Å². The highest BCUT2D eigenvalue weighted by atomic mass is 16.6. The minimum atomic E-state index is -1.54. The molecular weight excluding hydrogens is 258 g/mol. The topological polar surface area (TPSA) is 136 Å². The maximum absolute atomic E-state index is 11.5. The number of amides is 1. The SMILES string of the molecule is CC(=O)CCC(=O)N[C@H]1C(O)O[C@H](CO)[C@H](O)[C@@H]1O. The van der Waals surface area contributed by atoms with Gasteiger partial charge in [-0.05, 0) is 6.92 Å². The molecule has 5 N–H and O–H groups in total. The summed E-state index contributed by atoms with van der Waals surface area (Å²) in [6.45, 7) is 0.774. The third-order valence-corrected chi connectivity index (χ3v) is 2.93. The lowest BCUT2D eigenvalue weighted by atomic mass is 9.97. The molecule has 1 rings (SSSR count). The minimum Gasteiger partial charge on any atom is -0.394 e. The molecular formula is C11H19NO7. The summed E-state index contributed by atoms with van der Waals surface area (Å²) in [4.78, 5) is 22.2. The number of Topliss-reactive ketones (excluding diaryl/α,β-unsaturated/α-hetero) is 1. The van der Waals surface area contributed by atoms with Gasteiger partial charge in [-0.25, -0.2) is 0 Å². The number of rotatable bonds is 5. The van der Waals surface area contributed by atoms with Crippen LogP contribution in [0.2, 0.25) is 0 Å². The zero-order valence-corrected chi connectivity index (χ0v) is 10.5. The van der Waals surface area contributed by atoms with Crippen LogP contribution >= 0.6 is 0 Å². The molecule has 0 aliphatic carbocycles. The fourth-order valence-electron chi connectivity index (χ4n) is 1.80. The van der Waals surface area contributed by atoms with Gasteiger partial charge in [-0.1, -0.05) is 0 Å². The van der Waals surface area contributed by atoms with E-state index in [9.17, 15) is 24.9 Å². The van der Waals surface area contributed by atoms with Crippen LogP contribution in [0.15, 0.2) is 0 Å². The van der Waals surface area contributed by atoms with Gasteiger partial charge in [0, 0.05) is 12.8 Å². The van der Waals surface area contributed by atoms with E-state index in [4.69, 9.17) is 9.84 Å². The monoisotopic (exact) mass is 277 g/mol. The van der Waals surface area contributed by atoms with Crippen LogP contribution in [-0.2, 0) is 14.3 Å². The van der Waals surface area contributed by atoms with Crippen molar-refractivity contribution in [1.29, 1.82) is 0 Å². The Bertz CT molecular complexity index is 335. The number of carbonyl (C=O) groups is 2. The van der Waals surface area contributed by atoms with Gasteiger partial charge in [-0.2, -0.15) is 0 Å². The molecule has 1 unspecified atom stereocenters. The van der Waals surface area contributed by atoms with Crippen molar-refractivity contribution in [1.82, 2.24) is 5.32 Å². The molecule has 110 valence electrons. The molecule has 1 aliphatic heterocycles. The number of aliphatic hydroxyl groups excluding tert-OH is 4. The van der Waals surface area contributed by atoms with Gasteiger partial charge in [-0.15, -0.1) is 0 Å². The summed E-state index contributed by atoms with van der Waals surface area (Å²) in [5.41, 5.74) is 0. The highest BCUT2D eigenvalue weighted by molar-refractivity contribution is 5.83. The molecule has 5 atom stereocenters. The zero-order valence-electron chi connectivity index (χ0n) is 10.5. The molecule has 0 spiro atoms. The van der Waals surface area contributed by atoms with Gasteiger partial charge < -0.3 is 35.3 Å². The van der Waals surface area contributed by atoms with Crippen molar-refractivity contribution in [3.8, 4) is 0 Å². The Balaban J connectivity index is 2.57. The second-order valence-corrected chi connectivity index (χ2v) is 4.52. The molecule has 1 saturated heterocycles. The summed E-state index contributed by atoms with van der Waals surface area (Å²) >= 11 is 0. The van der Waals surface area contributed by atoms with Gasteiger partial charge in [0.2, 0.25) is 5.91 Å². The number of carbonyl (C=O) groups excluding carboxylic acids is 2. The van der Waals surface area contributed by atoms with Crippen LogP contribution in [0, 0.1) is 0 Å². The van der Waals surface area contributed by atoms with Crippen LogP contribution in [0.1, 0.15) is 19.8 Å². The molecule has 8 nitrogen and oxygen atoms in total. The molecule has 0 aromatic heterocycles. The van der Waals surface area contributed by atoms with E-state index in [-0.39, 0.29) is 18.6 Å². The van der Waals surface area contributed by atoms with Gasteiger partial charge in [0.05, 0.1) is 6.61 Å². The van der Waals surface area contributed by atoms with E-state index >= 15 is 0 Å². The van der Waals surface area contributed by atoms with Crippen LogP contribution in [-0.4, -0.2) is 69.4 Å². The maximum atomic E-state index is 11.5. The average Bonchev–Trinajstić information content (AvgIpc) is 2.36. The molecule has 0 aromatic rings. The standard InChI is InChI=1S/C11H19NO7/c1-5(14)2-3-7(15)12-8-10(17)9(16)6(4-13)19-11(8)18/h6,8-11,13,16-18H,2-4H2,1H3,(H,12,15)/t6-,8-,9+,10-,11?/m1/s1. The Hall–Kier alpha value is -1.06. The highest BCUT2D eigenvalue weighted by Gasteiger charge is 2.44. The second-order valence-electron chi connectivity index (χ2n) is 4.52. The molecule has 0 aromatic carbocycles. The van der Waals surface area contributed by atoms with Gasteiger partial charge in [0.1, 0.15) is 30.1 Å². The Morgan fingerprint density at radius 3 is 2.32 bits per heavy atom. The van der Waals surface area contributed by atoms with E-state index < -0.39 is 43.2 Å². The highest BCUT2D eigenvalue weighted by Crippen LogP contribution is 2.19. The fourth-order valence-corrected chi connectivity index (χ4v) is 1.80. The number of ketones is 1. The smallest absolute Gasteiger partial charge is 0.220 e. The summed E-state index contributed by atoms with van der Waals surface area (Å²) in [5.74, 6) is -0.701. The maximum Gasteiger partial charge on any atom is 0.220 e. The van der Waals surface area contributed by atoms with E-state index in [2.05, 4.69) is 5.32 Å². The van der Waals surface area contributed by atoms with Crippen molar-refractivity contribution in [2.75, 3.05) is 6.61 Å². The molecule has 1 fully saturated rings. The van der Waals surface area contributed by atoms with Crippen molar-refractivity contribution < 1.29 is 34.8 Å². The number of aliphatic hydroxyl groups is 4. The Kier molecular flexibility index (Phi) is 5.83. The molecule has 0 radical (unpaired) electrons. The van der Waals surface area contributed by atoms with E-state index in [0.717, 1.165) is 0 Å². The van der Waals surface area contributed by atoms with E-state index in [1.165, 1.54) is 6.92 Å². The Labute approximate surface area is 110 Å². The third kappa shape index (κ3) is 4.22.